The van der Waals surface area contributed by atoms with Gasteiger partial charge in [-0.3, -0.25) is 14.5 Å². The molecular formula is C22H16Cl2N2O4S. The van der Waals surface area contributed by atoms with Crippen molar-refractivity contribution in [2.75, 3.05) is 4.90 Å². The number of nitrogens with zero attached hydrogens (tertiary/aromatic N) is 2. The van der Waals surface area contributed by atoms with Gasteiger partial charge in [0.15, 0.2) is 5.76 Å². The number of hydrogen-bond donors (Lipinski definition) is 2. The van der Waals surface area contributed by atoms with Gasteiger partial charge in [0.2, 0.25) is 5.78 Å². The minimum absolute atomic E-state index is 0.0282. The first-order chi connectivity index (χ1) is 14.7. The molecule has 158 valence electrons. The summed E-state index contributed by atoms with van der Waals surface area (Å²) in [6.07, 6.45) is 0. The number of phenols is 1. The summed E-state index contributed by atoms with van der Waals surface area (Å²) in [6, 6.07) is 9.70. The number of aryl methyl sites for hydroxylation is 2. The van der Waals surface area contributed by atoms with Crippen molar-refractivity contribution in [3.05, 3.63) is 85.0 Å². The predicted molar refractivity (Wildman–Crippen MR) is 120 cm³/mol. The summed E-state index contributed by atoms with van der Waals surface area (Å²) in [5, 5.41) is 21.8. The van der Waals surface area contributed by atoms with Crippen LogP contribution in [0.3, 0.4) is 0 Å². The van der Waals surface area contributed by atoms with Crippen LogP contribution in [0, 0.1) is 13.8 Å². The maximum Gasteiger partial charge on any atom is 0.294 e. The van der Waals surface area contributed by atoms with E-state index in [1.54, 1.807) is 26.0 Å². The third kappa shape index (κ3) is 3.80. The second-order valence-electron chi connectivity index (χ2n) is 7.04. The molecule has 0 fully saturated rings. The fourth-order valence-corrected chi connectivity index (χ4v) is 5.01. The number of aliphatic hydroxyl groups is 1. The average molecular weight is 475 g/mol. The topological polar surface area (TPSA) is 90.7 Å². The molecule has 0 spiro atoms. The van der Waals surface area contributed by atoms with Gasteiger partial charge in [0.25, 0.3) is 5.91 Å². The molecule has 2 N–H and O–H groups in total. The summed E-state index contributed by atoms with van der Waals surface area (Å²) in [4.78, 5) is 32.5. The van der Waals surface area contributed by atoms with Gasteiger partial charge in [0.05, 0.1) is 27.2 Å². The van der Waals surface area contributed by atoms with E-state index in [2.05, 4.69) is 4.98 Å². The number of ketones is 1. The molecule has 9 heteroatoms. The summed E-state index contributed by atoms with van der Waals surface area (Å²) < 4.78 is 0. The quantitative estimate of drug-likeness (QED) is 0.483. The number of carbonyl (C=O) groups is 2. The molecular weight excluding hydrogens is 459 g/mol. The lowest BCUT2D eigenvalue weighted by Gasteiger charge is -2.27. The highest BCUT2D eigenvalue weighted by atomic mass is 35.5. The van der Waals surface area contributed by atoms with Gasteiger partial charge in [-0.25, -0.2) is 4.98 Å². The SMILES string of the molecule is Cc1nc(C)c(C(=O)C2=C(O)C(=O)N(c3cc(Cl)cc(Cl)c3)C2c2ccc(O)cc2)s1. The number of thiazole rings is 1. The molecule has 2 aromatic carbocycles. The van der Waals surface area contributed by atoms with Crippen molar-refractivity contribution in [2.45, 2.75) is 19.9 Å². The number of benzene rings is 2. The molecule has 0 radical (unpaired) electrons. The summed E-state index contributed by atoms with van der Waals surface area (Å²) >= 11 is 13.5. The second-order valence-corrected chi connectivity index (χ2v) is 9.11. The smallest absolute Gasteiger partial charge is 0.294 e. The Bertz CT molecular complexity index is 1230. The van der Waals surface area contributed by atoms with Gasteiger partial charge in [-0.1, -0.05) is 35.3 Å². The molecule has 6 nitrogen and oxygen atoms in total. The average Bonchev–Trinajstić information content (AvgIpc) is 3.17. The van der Waals surface area contributed by atoms with Gasteiger partial charge < -0.3 is 10.2 Å². The largest absolute Gasteiger partial charge is 0.508 e. The van der Waals surface area contributed by atoms with Crippen LogP contribution in [-0.4, -0.2) is 26.9 Å². The van der Waals surface area contributed by atoms with Crippen LogP contribution in [0.25, 0.3) is 0 Å². The van der Waals surface area contributed by atoms with E-state index in [-0.39, 0.29) is 11.3 Å². The van der Waals surface area contributed by atoms with Crippen molar-refractivity contribution in [1.29, 1.82) is 0 Å². The Kier molecular flexibility index (Phi) is 5.51. The van der Waals surface area contributed by atoms with Gasteiger partial charge >= 0.3 is 0 Å². The third-order valence-corrected chi connectivity index (χ3v) is 6.40. The summed E-state index contributed by atoms with van der Waals surface area (Å²) in [5.74, 6) is -1.86. The first-order valence-corrected chi connectivity index (χ1v) is 10.7. The number of hydrogen-bond acceptors (Lipinski definition) is 6. The van der Waals surface area contributed by atoms with Crippen LogP contribution in [0.5, 0.6) is 5.75 Å². The first-order valence-electron chi connectivity index (χ1n) is 9.18. The lowest BCUT2D eigenvalue weighted by molar-refractivity contribution is -0.117. The molecule has 31 heavy (non-hydrogen) atoms. The number of halogens is 2. The summed E-state index contributed by atoms with van der Waals surface area (Å²) in [6.45, 7) is 3.48. The second kappa shape index (κ2) is 8.00. The standard InChI is InChI=1S/C22H16Cl2N2O4S/c1-10-21(31-11(2)25-10)19(28)17-18(12-3-5-16(27)6-4-12)26(22(30)20(17)29)15-8-13(23)7-14(24)9-15/h3-9,18,27,29H,1-2H3. The maximum atomic E-state index is 13.5. The van der Waals surface area contributed by atoms with Crippen molar-refractivity contribution < 1.29 is 19.8 Å². The van der Waals surface area contributed by atoms with Crippen LogP contribution in [0.2, 0.25) is 10.0 Å². The third-order valence-electron chi connectivity index (χ3n) is 4.90. The minimum Gasteiger partial charge on any atom is -0.508 e. The van der Waals surface area contributed by atoms with Crippen LogP contribution in [0.1, 0.15) is 32.0 Å². The Labute approximate surface area is 192 Å². The number of Topliss-reactive ketones (excluding diaryl/α,β-unsaturated/α-hetero) is 1. The van der Waals surface area contributed by atoms with Gasteiger partial charge in [0, 0.05) is 15.7 Å². The highest BCUT2D eigenvalue weighted by molar-refractivity contribution is 7.14. The van der Waals surface area contributed by atoms with E-state index in [9.17, 15) is 19.8 Å². The Hall–Kier alpha value is -2.87. The van der Waals surface area contributed by atoms with Gasteiger partial charge in [-0.2, -0.15) is 0 Å². The molecule has 1 aliphatic heterocycles. The van der Waals surface area contributed by atoms with E-state index >= 15 is 0 Å². The van der Waals surface area contributed by atoms with E-state index in [1.807, 2.05) is 0 Å². The Morgan fingerprint density at radius 1 is 1.06 bits per heavy atom. The van der Waals surface area contributed by atoms with Gasteiger partial charge in [-0.05, 0) is 49.7 Å². The van der Waals surface area contributed by atoms with Gasteiger partial charge in [0.1, 0.15) is 5.75 Å². The fraction of sp³-hybridized carbons (Fsp3) is 0.136. The highest BCUT2D eigenvalue weighted by Gasteiger charge is 2.45. The number of phenolic OH excluding ortho intramolecular Hbond substituents is 1. The van der Waals surface area contributed by atoms with Crippen molar-refractivity contribution in [3.8, 4) is 5.75 Å². The molecule has 2 heterocycles. The molecule has 0 bridgehead atoms. The monoisotopic (exact) mass is 474 g/mol. The molecule has 4 rings (SSSR count). The number of rotatable bonds is 4. The lowest BCUT2D eigenvalue weighted by atomic mass is 9.94. The predicted octanol–water partition coefficient (Wildman–Crippen LogP) is 5.56. The molecule has 3 aromatic rings. The van der Waals surface area contributed by atoms with E-state index in [0.29, 0.717) is 36.9 Å². The highest BCUT2D eigenvalue weighted by Crippen LogP contribution is 2.44. The molecule has 1 aliphatic rings. The Morgan fingerprint density at radius 2 is 1.68 bits per heavy atom. The number of aliphatic hydroxyl groups excluding tert-OH is 1. The summed E-state index contributed by atoms with van der Waals surface area (Å²) in [7, 11) is 0. The van der Waals surface area contributed by atoms with Crippen LogP contribution < -0.4 is 4.90 Å². The van der Waals surface area contributed by atoms with Gasteiger partial charge in [-0.15, -0.1) is 11.3 Å². The van der Waals surface area contributed by atoms with Crippen LogP contribution in [-0.2, 0) is 4.79 Å². The molecule has 1 amide bonds. The number of carbonyl (C=O) groups excluding carboxylic acids is 2. The molecule has 0 saturated heterocycles. The van der Waals surface area contributed by atoms with Crippen LogP contribution in [0.15, 0.2) is 53.8 Å². The zero-order valence-corrected chi connectivity index (χ0v) is 18.7. The first kappa shape index (κ1) is 21.4. The van der Waals surface area contributed by atoms with Crippen LogP contribution in [0.4, 0.5) is 5.69 Å². The number of amides is 1. The summed E-state index contributed by atoms with van der Waals surface area (Å²) in [5.41, 5.74) is 1.30. The molecule has 0 aliphatic carbocycles. The normalized spacial score (nSPS) is 16.3. The number of aromatic nitrogens is 1. The molecule has 1 aromatic heterocycles. The zero-order chi connectivity index (χ0) is 22.4. The zero-order valence-electron chi connectivity index (χ0n) is 16.4. The van der Waals surface area contributed by atoms with E-state index in [0.717, 1.165) is 0 Å². The molecule has 1 unspecified atom stereocenters. The number of anilines is 1. The minimum atomic E-state index is -0.947. The van der Waals surface area contributed by atoms with E-state index in [4.69, 9.17) is 23.2 Å². The number of aromatic hydroxyl groups is 1. The van der Waals surface area contributed by atoms with Crippen molar-refractivity contribution >= 4 is 51.9 Å². The van der Waals surface area contributed by atoms with E-state index in [1.165, 1.54) is 46.6 Å². The molecule has 1 atom stereocenters. The Morgan fingerprint density at radius 3 is 2.23 bits per heavy atom. The molecule has 0 saturated carbocycles. The van der Waals surface area contributed by atoms with E-state index < -0.39 is 23.5 Å². The van der Waals surface area contributed by atoms with Crippen molar-refractivity contribution in [2.24, 2.45) is 0 Å². The van der Waals surface area contributed by atoms with Crippen molar-refractivity contribution in [1.82, 2.24) is 4.98 Å². The van der Waals surface area contributed by atoms with Crippen molar-refractivity contribution in [3.63, 3.8) is 0 Å². The van der Waals surface area contributed by atoms with Crippen LogP contribution >= 0.6 is 34.5 Å². The lowest BCUT2D eigenvalue weighted by Crippen LogP contribution is -2.31. The fourth-order valence-electron chi connectivity index (χ4n) is 3.62. The Balaban J connectivity index is 1.92. The maximum absolute atomic E-state index is 13.5.